The summed E-state index contributed by atoms with van der Waals surface area (Å²) in [5, 5.41) is 13.6. The molecule has 3 atom stereocenters. The van der Waals surface area contributed by atoms with E-state index in [-0.39, 0.29) is 24.9 Å². The number of hydrogen-bond donors (Lipinski definition) is 3. The first-order chi connectivity index (χ1) is 10.9. The Kier molecular flexibility index (Phi) is 5.59. The molecule has 8 heteroatoms. The molecule has 7 nitrogen and oxygen atoms in total. The molecule has 3 unspecified atom stereocenters. The Labute approximate surface area is 138 Å². The molecule has 23 heavy (non-hydrogen) atoms. The Balaban J connectivity index is 2.07. The molecular weight excluding hydrogens is 318 g/mol. The fourth-order valence-electron chi connectivity index (χ4n) is 2.83. The molecule has 4 N–H and O–H groups in total. The second kappa shape index (κ2) is 7.45. The maximum absolute atomic E-state index is 12.6. The van der Waals surface area contributed by atoms with Crippen LogP contribution < -0.4 is 11.1 Å². The lowest BCUT2D eigenvalue weighted by atomic mass is 9.93. The summed E-state index contributed by atoms with van der Waals surface area (Å²) >= 11 is 1.43. The second-order valence-corrected chi connectivity index (χ2v) is 6.77. The highest BCUT2D eigenvalue weighted by molar-refractivity contribution is 7.10. The van der Waals surface area contributed by atoms with Gasteiger partial charge >= 0.3 is 12.0 Å². The number of amides is 3. The van der Waals surface area contributed by atoms with E-state index in [2.05, 4.69) is 5.32 Å². The molecular formula is C15H21N3O4S. The lowest BCUT2D eigenvalue weighted by Gasteiger charge is -2.37. The molecule has 0 aromatic carbocycles. The van der Waals surface area contributed by atoms with Crippen molar-refractivity contribution in [3.05, 3.63) is 22.4 Å². The first-order valence-corrected chi connectivity index (χ1v) is 8.38. The van der Waals surface area contributed by atoms with Gasteiger partial charge < -0.3 is 21.1 Å². The zero-order valence-electron chi connectivity index (χ0n) is 12.9. The number of nitrogens with one attached hydrogen (secondary N) is 1. The van der Waals surface area contributed by atoms with E-state index in [4.69, 9.17) is 10.8 Å². The van der Waals surface area contributed by atoms with E-state index >= 15 is 0 Å². The van der Waals surface area contributed by atoms with Crippen molar-refractivity contribution in [2.75, 3.05) is 6.54 Å². The first kappa shape index (κ1) is 17.3. The van der Waals surface area contributed by atoms with Crippen molar-refractivity contribution in [2.45, 2.75) is 38.3 Å². The number of carbonyl (C=O) groups excluding carboxylic acids is 2. The van der Waals surface area contributed by atoms with Crippen LogP contribution in [-0.4, -0.2) is 40.5 Å². The number of urea groups is 1. The van der Waals surface area contributed by atoms with Gasteiger partial charge in [-0.1, -0.05) is 6.07 Å². The molecule has 1 aromatic heterocycles. The zero-order valence-corrected chi connectivity index (χ0v) is 13.7. The van der Waals surface area contributed by atoms with Crippen LogP contribution in [0.5, 0.6) is 0 Å². The van der Waals surface area contributed by atoms with Crippen LogP contribution in [0.2, 0.25) is 0 Å². The lowest BCUT2D eigenvalue weighted by molar-refractivity contribution is -0.147. The van der Waals surface area contributed by atoms with Crippen molar-refractivity contribution in [3.63, 3.8) is 0 Å². The number of hydrogen-bond acceptors (Lipinski definition) is 4. The number of thiophene rings is 1. The monoisotopic (exact) mass is 339 g/mol. The average Bonchev–Trinajstić information content (AvgIpc) is 3.00. The van der Waals surface area contributed by atoms with Crippen molar-refractivity contribution in [2.24, 2.45) is 11.7 Å². The summed E-state index contributed by atoms with van der Waals surface area (Å²) in [6.07, 6.45) is 1.31. The average molecular weight is 339 g/mol. The normalized spacial score (nSPS) is 22.4. The van der Waals surface area contributed by atoms with Crippen molar-refractivity contribution in [1.82, 2.24) is 10.2 Å². The molecule has 1 saturated heterocycles. The molecule has 1 aromatic rings. The third-order valence-electron chi connectivity index (χ3n) is 4.13. The second-order valence-electron chi connectivity index (χ2n) is 5.79. The Morgan fingerprint density at radius 1 is 1.48 bits per heavy atom. The fraction of sp³-hybridized carbons (Fsp3) is 0.533. The number of rotatable bonds is 5. The lowest BCUT2D eigenvalue weighted by Crippen LogP contribution is -2.48. The third-order valence-corrected chi connectivity index (χ3v) is 5.12. The Hall–Kier alpha value is -2.09. The van der Waals surface area contributed by atoms with Gasteiger partial charge in [-0.25, -0.2) is 4.79 Å². The van der Waals surface area contributed by atoms with Crippen molar-refractivity contribution < 1.29 is 19.5 Å². The van der Waals surface area contributed by atoms with Gasteiger partial charge in [-0.05, 0) is 31.2 Å². The largest absolute Gasteiger partial charge is 0.481 e. The molecule has 2 rings (SSSR count). The smallest absolute Gasteiger partial charge is 0.312 e. The van der Waals surface area contributed by atoms with Gasteiger partial charge in [0.1, 0.15) is 0 Å². The Morgan fingerprint density at radius 2 is 2.22 bits per heavy atom. The SMILES string of the molecule is CC1CCC(C(=O)O)CN1C(=O)CC(NC(N)=O)c1cccs1. The zero-order chi connectivity index (χ0) is 17.0. The first-order valence-electron chi connectivity index (χ1n) is 7.50. The quantitative estimate of drug-likeness (QED) is 0.755. The molecule has 1 fully saturated rings. The number of likely N-dealkylation sites (tertiary alicyclic amines) is 1. The molecule has 1 aliphatic heterocycles. The van der Waals surface area contributed by atoms with Crippen LogP contribution in [0, 0.1) is 5.92 Å². The summed E-state index contributed by atoms with van der Waals surface area (Å²) in [6.45, 7) is 2.13. The van der Waals surface area contributed by atoms with Gasteiger partial charge in [-0.15, -0.1) is 11.3 Å². The van der Waals surface area contributed by atoms with E-state index in [1.807, 2.05) is 24.4 Å². The minimum absolute atomic E-state index is 0.00402. The number of nitrogens with two attached hydrogens (primary N) is 1. The molecule has 1 aliphatic rings. The standard InChI is InChI=1S/C15H21N3O4S/c1-9-4-5-10(14(20)21)8-18(9)13(19)7-11(17-15(16)22)12-3-2-6-23-12/h2-3,6,9-11H,4-5,7-8H2,1H3,(H,20,21)(H3,16,17,22). The van der Waals surface area contributed by atoms with Crippen LogP contribution >= 0.6 is 11.3 Å². The number of carboxylic acids is 1. The number of aliphatic carboxylic acids is 1. The fourth-order valence-corrected chi connectivity index (χ4v) is 3.61. The summed E-state index contributed by atoms with van der Waals surface area (Å²) < 4.78 is 0. The van der Waals surface area contributed by atoms with Gasteiger partial charge in [0.05, 0.1) is 18.4 Å². The molecule has 0 radical (unpaired) electrons. The third kappa shape index (κ3) is 4.44. The maximum Gasteiger partial charge on any atom is 0.312 e. The maximum atomic E-state index is 12.6. The summed E-state index contributed by atoms with van der Waals surface area (Å²) in [7, 11) is 0. The number of carbonyl (C=O) groups is 3. The van der Waals surface area contributed by atoms with Gasteiger partial charge in [0, 0.05) is 17.5 Å². The predicted octanol–water partition coefficient (Wildman–Crippen LogP) is 1.56. The summed E-state index contributed by atoms with van der Waals surface area (Å²) in [4.78, 5) is 37.4. The van der Waals surface area contributed by atoms with Gasteiger partial charge in [-0.2, -0.15) is 0 Å². The van der Waals surface area contributed by atoms with Gasteiger partial charge in [0.25, 0.3) is 0 Å². The molecule has 0 spiro atoms. The molecule has 0 aliphatic carbocycles. The van der Waals surface area contributed by atoms with Crippen molar-refractivity contribution >= 4 is 29.2 Å². The van der Waals surface area contributed by atoms with E-state index in [0.717, 1.165) is 4.88 Å². The van der Waals surface area contributed by atoms with Crippen molar-refractivity contribution in [1.29, 1.82) is 0 Å². The van der Waals surface area contributed by atoms with E-state index in [1.165, 1.54) is 11.3 Å². The van der Waals surface area contributed by atoms with Gasteiger partial charge in [0.2, 0.25) is 5.91 Å². The highest BCUT2D eigenvalue weighted by Crippen LogP contribution is 2.27. The minimum Gasteiger partial charge on any atom is -0.481 e. The number of primary amides is 1. The van der Waals surface area contributed by atoms with E-state index in [0.29, 0.717) is 12.8 Å². The van der Waals surface area contributed by atoms with Gasteiger partial charge in [0.15, 0.2) is 0 Å². The van der Waals surface area contributed by atoms with Crippen LogP contribution in [0.3, 0.4) is 0 Å². The summed E-state index contributed by atoms with van der Waals surface area (Å²) in [6, 6.07) is 2.49. The van der Waals surface area contributed by atoms with Crippen LogP contribution in [0.4, 0.5) is 4.79 Å². The molecule has 0 bridgehead atoms. The van der Waals surface area contributed by atoms with Crippen LogP contribution in [0.15, 0.2) is 17.5 Å². The van der Waals surface area contributed by atoms with Crippen LogP contribution in [0.1, 0.15) is 37.1 Å². The van der Waals surface area contributed by atoms with E-state index in [9.17, 15) is 14.4 Å². The molecule has 2 heterocycles. The summed E-state index contributed by atoms with van der Waals surface area (Å²) in [5.41, 5.74) is 5.19. The van der Waals surface area contributed by atoms with Crippen LogP contribution in [0.25, 0.3) is 0 Å². The van der Waals surface area contributed by atoms with E-state index < -0.39 is 24.0 Å². The van der Waals surface area contributed by atoms with E-state index in [1.54, 1.807) is 4.90 Å². The molecule has 126 valence electrons. The summed E-state index contributed by atoms with van der Waals surface area (Å²) in [5.74, 6) is -1.57. The minimum atomic E-state index is -0.875. The molecule has 3 amide bonds. The highest BCUT2D eigenvalue weighted by Gasteiger charge is 2.33. The molecule has 0 saturated carbocycles. The number of carboxylic acid groups (broad SMARTS) is 1. The topological polar surface area (TPSA) is 113 Å². The highest BCUT2D eigenvalue weighted by atomic mass is 32.1. The predicted molar refractivity (Wildman–Crippen MR) is 85.9 cm³/mol. The number of nitrogens with zero attached hydrogens (tertiary/aromatic N) is 1. The van der Waals surface area contributed by atoms with Crippen LogP contribution in [-0.2, 0) is 9.59 Å². The Bertz CT molecular complexity index is 575. The van der Waals surface area contributed by atoms with Gasteiger partial charge in [-0.3, -0.25) is 9.59 Å². The van der Waals surface area contributed by atoms with Crippen molar-refractivity contribution in [3.8, 4) is 0 Å². The number of piperidine rings is 1. The Morgan fingerprint density at radius 3 is 2.78 bits per heavy atom.